The number of rotatable bonds is 5. The number of anilines is 1. The van der Waals surface area contributed by atoms with Gasteiger partial charge >= 0.3 is 0 Å². The molecule has 1 aromatic heterocycles. The highest BCUT2D eigenvalue weighted by molar-refractivity contribution is 5.98. The molecule has 1 atom stereocenters. The molecule has 4 rings (SSSR count). The van der Waals surface area contributed by atoms with Gasteiger partial charge in [-0.05, 0) is 19.1 Å². The van der Waals surface area contributed by atoms with Gasteiger partial charge in [0.2, 0.25) is 17.6 Å². The van der Waals surface area contributed by atoms with E-state index in [2.05, 4.69) is 15.3 Å². The van der Waals surface area contributed by atoms with Crippen molar-refractivity contribution in [2.45, 2.75) is 25.7 Å². The van der Waals surface area contributed by atoms with E-state index in [0.29, 0.717) is 55.8 Å². The summed E-state index contributed by atoms with van der Waals surface area (Å²) in [5, 5.41) is 7.85. The number of nitrogens with zero attached hydrogens (tertiary/aromatic N) is 4. The second kappa shape index (κ2) is 6.54. The zero-order valence-electron chi connectivity index (χ0n) is 13.8. The van der Waals surface area contributed by atoms with Crippen LogP contribution >= 0.6 is 0 Å². The Morgan fingerprint density at radius 2 is 2.24 bits per heavy atom. The number of hydrogen-bond donors (Lipinski definition) is 0. The van der Waals surface area contributed by atoms with Gasteiger partial charge in [-0.1, -0.05) is 22.4 Å². The van der Waals surface area contributed by atoms with Crippen LogP contribution in [0.3, 0.4) is 0 Å². The summed E-state index contributed by atoms with van der Waals surface area (Å²) in [5.41, 5.74) is 1.45. The Morgan fingerprint density at radius 1 is 1.36 bits per heavy atom. The second-order valence-corrected chi connectivity index (χ2v) is 5.88. The Kier molecular flexibility index (Phi) is 4.09. The molecule has 130 valence electrons. The van der Waals surface area contributed by atoms with Gasteiger partial charge in [0, 0.05) is 19.4 Å². The predicted octanol–water partition coefficient (Wildman–Crippen LogP) is 2.11. The zero-order valence-corrected chi connectivity index (χ0v) is 13.8. The molecular formula is C17H18N4O4. The molecule has 1 aromatic carbocycles. The van der Waals surface area contributed by atoms with Crippen LogP contribution in [-0.2, 0) is 9.63 Å². The van der Waals surface area contributed by atoms with Crippen LogP contribution in [0.25, 0.3) is 0 Å². The van der Waals surface area contributed by atoms with E-state index in [-0.39, 0.29) is 11.8 Å². The Balaban J connectivity index is 1.55. The third kappa shape index (κ3) is 2.95. The molecule has 0 bridgehead atoms. The van der Waals surface area contributed by atoms with Crippen molar-refractivity contribution in [3.05, 3.63) is 36.0 Å². The van der Waals surface area contributed by atoms with Crippen molar-refractivity contribution < 1.29 is 18.9 Å². The first kappa shape index (κ1) is 15.6. The van der Waals surface area contributed by atoms with Crippen LogP contribution in [-0.4, -0.2) is 41.5 Å². The van der Waals surface area contributed by atoms with Crippen LogP contribution in [0.2, 0.25) is 0 Å². The van der Waals surface area contributed by atoms with Gasteiger partial charge in [0.1, 0.15) is 18.1 Å². The number of benzene rings is 1. The van der Waals surface area contributed by atoms with E-state index in [9.17, 15) is 4.79 Å². The molecule has 8 nitrogen and oxygen atoms in total. The van der Waals surface area contributed by atoms with Gasteiger partial charge in [-0.25, -0.2) is 0 Å². The standard InChI is InChI=1S/C17H18N4O4/c1-2-23-14-6-4-3-5-13(14)21-10-11(9-15(21)22)17-18-16(20-25-17)12-7-8-24-19-12/h3-6,11H,2,7-10H2,1H3. The summed E-state index contributed by atoms with van der Waals surface area (Å²) < 4.78 is 11.0. The van der Waals surface area contributed by atoms with Gasteiger partial charge in [-0.3, -0.25) is 4.79 Å². The number of carbonyl (C=O) groups excluding carboxylic acids is 1. The first-order valence-electron chi connectivity index (χ1n) is 8.31. The van der Waals surface area contributed by atoms with Crippen molar-refractivity contribution in [1.29, 1.82) is 0 Å². The van der Waals surface area contributed by atoms with Crippen molar-refractivity contribution >= 4 is 17.3 Å². The van der Waals surface area contributed by atoms with Crippen LogP contribution in [0.15, 0.2) is 33.9 Å². The van der Waals surface area contributed by atoms with Gasteiger partial charge in [0.05, 0.1) is 18.2 Å². The third-order valence-electron chi connectivity index (χ3n) is 4.23. The molecule has 0 N–H and O–H groups in total. The molecule has 0 aliphatic carbocycles. The number of oxime groups is 1. The fourth-order valence-corrected chi connectivity index (χ4v) is 3.05. The summed E-state index contributed by atoms with van der Waals surface area (Å²) in [6.45, 7) is 3.47. The first-order chi connectivity index (χ1) is 12.3. The van der Waals surface area contributed by atoms with Gasteiger partial charge in [0.15, 0.2) is 0 Å². The minimum absolute atomic E-state index is 0.0124. The normalized spacial score (nSPS) is 19.9. The maximum Gasteiger partial charge on any atom is 0.232 e. The fraction of sp³-hybridized carbons (Fsp3) is 0.412. The number of aromatic nitrogens is 2. The second-order valence-electron chi connectivity index (χ2n) is 5.88. The van der Waals surface area contributed by atoms with Crippen molar-refractivity contribution in [2.24, 2.45) is 5.16 Å². The average Bonchev–Trinajstić information content (AvgIpc) is 3.36. The smallest absolute Gasteiger partial charge is 0.232 e. The zero-order chi connectivity index (χ0) is 17.2. The van der Waals surface area contributed by atoms with Crippen molar-refractivity contribution in [3.63, 3.8) is 0 Å². The molecule has 8 heteroatoms. The molecule has 2 aliphatic heterocycles. The molecule has 0 radical (unpaired) electrons. The topological polar surface area (TPSA) is 90.1 Å². The maximum atomic E-state index is 12.5. The summed E-state index contributed by atoms with van der Waals surface area (Å²) in [7, 11) is 0. The molecule has 0 saturated carbocycles. The first-order valence-corrected chi connectivity index (χ1v) is 8.31. The molecule has 2 aliphatic rings. The van der Waals surface area contributed by atoms with E-state index < -0.39 is 0 Å². The highest BCUT2D eigenvalue weighted by atomic mass is 16.6. The average molecular weight is 342 g/mol. The molecule has 1 fully saturated rings. The van der Waals surface area contributed by atoms with Crippen LogP contribution in [0.1, 0.15) is 37.4 Å². The maximum absolute atomic E-state index is 12.5. The monoisotopic (exact) mass is 342 g/mol. The van der Waals surface area contributed by atoms with Gasteiger partial charge in [-0.2, -0.15) is 4.98 Å². The third-order valence-corrected chi connectivity index (χ3v) is 4.23. The molecule has 1 amide bonds. The lowest BCUT2D eigenvalue weighted by molar-refractivity contribution is -0.117. The summed E-state index contributed by atoms with van der Waals surface area (Å²) in [6.07, 6.45) is 0.988. The SMILES string of the molecule is CCOc1ccccc1N1CC(c2nc(C3=NOCC3)no2)CC1=O. The van der Waals surface area contributed by atoms with E-state index in [1.807, 2.05) is 31.2 Å². The van der Waals surface area contributed by atoms with E-state index in [4.69, 9.17) is 14.1 Å². The van der Waals surface area contributed by atoms with Crippen LogP contribution in [0, 0.1) is 0 Å². The lowest BCUT2D eigenvalue weighted by atomic mass is 10.1. The number of ether oxygens (including phenoxy) is 1. The lowest BCUT2D eigenvalue weighted by Crippen LogP contribution is -2.25. The highest BCUT2D eigenvalue weighted by Gasteiger charge is 2.36. The highest BCUT2D eigenvalue weighted by Crippen LogP contribution is 2.36. The Bertz CT molecular complexity index is 816. The van der Waals surface area contributed by atoms with E-state index >= 15 is 0 Å². The van der Waals surface area contributed by atoms with E-state index in [0.717, 1.165) is 5.69 Å². The van der Waals surface area contributed by atoms with Crippen molar-refractivity contribution in [3.8, 4) is 5.75 Å². The van der Waals surface area contributed by atoms with Gasteiger partial charge in [-0.15, -0.1) is 0 Å². The van der Waals surface area contributed by atoms with Crippen molar-refractivity contribution in [2.75, 3.05) is 24.7 Å². The summed E-state index contributed by atoms with van der Waals surface area (Å²) in [4.78, 5) is 23.6. The Labute approximate surface area is 144 Å². The number of carbonyl (C=O) groups is 1. The van der Waals surface area contributed by atoms with Crippen molar-refractivity contribution in [1.82, 2.24) is 10.1 Å². The lowest BCUT2D eigenvalue weighted by Gasteiger charge is -2.19. The van der Waals surface area contributed by atoms with Crippen LogP contribution in [0.4, 0.5) is 5.69 Å². The fourth-order valence-electron chi connectivity index (χ4n) is 3.05. The Morgan fingerprint density at radius 3 is 3.04 bits per heavy atom. The number of para-hydroxylation sites is 2. The molecule has 0 spiro atoms. The van der Waals surface area contributed by atoms with E-state index in [1.165, 1.54) is 0 Å². The predicted molar refractivity (Wildman–Crippen MR) is 88.7 cm³/mol. The minimum Gasteiger partial charge on any atom is -0.492 e. The van der Waals surface area contributed by atoms with E-state index in [1.54, 1.807) is 4.90 Å². The number of hydrogen-bond acceptors (Lipinski definition) is 7. The molecule has 3 heterocycles. The quantitative estimate of drug-likeness (QED) is 0.827. The van der Waals surface area contributed by atoms with Crippen LogP contribution < -0.4 is 9.64 Å². The van der Waals surface area contributed by atoms with Gasteiger partial charge in [0.25, 0.3) is 0 Å². The van der Waals surface area contributed by atoms with Gasteiger partial charge < -0.3 is 19.0 Å². The Hall–Kier alpha value is -2.90. The largest absolute Gasteiger partial charge is 0.492 e. The molecule has 2 aromatic rings. The summed E-state index contributed by atoms with van der Waals surface area (Å²) in [6, 6.07) is 7.53. The molecule has 1 unspecified atom stereocenters. The van der Waals surface area contributed by atoms with Crippen LogP contribution in [0.5, 0.6) is 5.75 Å². The molecule has 1 saturated heterocycles. The summed E-state index contributed by atoms with van der Waals surface area (Å²) in [5.74, 6) is 1.45. The summed E-state index contributed by atoms with van der Waals surface area (Å²) >= 11 is 0. The minimum atomic E-state index is -0.147. The molecule has 25 heavy (non-hydrogen) atoms. The number of amides is 1. The molecular weight excluding hydrogens is 324 g/mol.